The summed E-state index contributed by atoms with van der Waals surface area (Å²) in [5.74, 6) is 0.701. The minimum Gasteiger partial charge on any atom is -0.294 e. The molecule has 0 N–H and O–H groups in total. The van der Waals surface area contributed by atoms with Crippen molar-refractivity contribution in [1.82, 2.24) is 0 Å². The molecule has 1 aromatic carbocycles. The Labute approximate surface area is 102 Å². The zero-order valence-electron chi connectivity index (χ0n) is 9.80. The lowest BCUT2D eigenvalue weighted by Crippen LogP contribution is -2.03. The number of hydrogen-bond donors (Lipinski definition) is 0. The minimum atomic E-state index is 0.126. The van der Waals surface area contributed by atoms with Crippen LogP contribution in [0, 0.1) is 11.8 Å². The Balaban J connectivity index is 2.09. The second kappa shape index (κ2) is 4.96. The molecule has 0 amide bonds. The van der Waals surface area contributed by atoms with Crippen molar-refractivity contribution in [1.29, 1.82) is 0 Å². The summed E-state index contributed by atoms with van der Waals surface area (Å²) in [6, 6.07) is 9.48. The van der Waals surface area contributed by atoms with Crippen LogP contribution in [0.1, 0.15) is 16.8 Å². The molecule has 1 nitrogen and oxygen atoms in total. The number of allylic oxidation sites excluding steroid dienone is 4. The highest BCUT2D eigenvalue weighted by atomic mass is 16.1. The first-order valence-corrected chi connectivity index (χ1v) is 5.82. The van der Waals surface area contributed by atoms with E-state index in [-0.39, 0.29) is 11.7 Å². The average Bonchev–Trinajstić information content (AvgIpc) is 3.16. The van der Waals surface area contributed by atoms with Crippen LogP contribution in [0.25, 0.3) is 0 Å². The molecule has 0 radical (unpaired) electrons. The number of benzene rings is 1. The van der Waals surface area contributed by atoms with Gasteiger partial charge in [0.2, 0.25) is 0 Å². The molecule has 1 aliphatic rings. The van der Waals surface area contributed by atoms with Crippen LogP contribution in [0.4, 0.5) is 0 Å². The molecular weight excluding hydrogens is 208 g/mol. The first-order valence-electron chi connectivity index (χ1n) is 5.82. The van der Waals surface area contributed by atoms with Gasteiger partial charge in [-0.05, 0) is 17.9 Å². The standard InChI is InChI=1S/C16H16O/c1-3-8-12(4-2)14-11-15(14)16(17)13-9-6-5-7-10-13/h3-10,14-15H,1-2,11H2/b12-8+. The second-order valence-corrected chi connectivity index (χ2v) is 4.29. The topological polar surface area (TPSA) is 17.1 Å². The van der Waals surface area contributed by atoms with Gasteiger partial charge in [-0.15, -0.1) is 0 Å². The lowest BCUT2D eigenvalue weighted by Gasteiger charge is -2.01. The average molecular weight is 224 g/mol. The Bertz CT molecular complexity index is 468. The number of rotatable bonds is 5. The lowest BCUT2D eigenvalue weighted by atomic mass is 10.0. The number of ketones is 1. The molecule has 0 bridgehead atoms. The van der Waals surface area contributed by atoms with Gasteiger partial charge in [0.25, 0.3) is 0 Å². The van der Waals surface area contributed by atoms with Crippen molar-refractivity contribution in [3.05, 3.63) is 72.9 Å². The monoisotopic (exact) mass is 224 g/mol. The summed E-state index contributed by atoms with van der Waals surface area (Å²) in [5, 5.41) is 0. The maximum absolute atomic E-state index is 12.2. The van der Waals surface area contributed by atoms with Crippen molar-refractivity contribution < 1.29 is 4.79 Å². The van der Waals surface area contributed by atoms with Gasteiger partial charge < -0.3 is 0 Å². The lowest BCUT2D eigenvalue weighted by molar-refractivity contribution is 0.0963. The van der Waals surface area contributed by atoms with Gasteiger partial charge in [-0.1, -0.05) is 61.7 Å². The predicted molar refractivity (Wildman–Crippen MR) is 70.8 cm³/mol. The van der Waals surface area contributed by atoms with Crippen molar-refractivity contribution in [3.8, 4) is 0 Å². The van der Waals surface area contributed by atoms with Crippen molar-refractivity contribution >= 4 is 5.78 Å². The Hall–Kier alpha value is -1.89. The molecule has 1 heteroatoms. The molecule has 0 spiro atoms. The van der Waals surface area contributed by atoms with E-state index in [0.29, 0.717) is 5.92 Å². The molecule has 2 unspecified atom stereocenters. The second-order valence-electron chi connectivity index (χ2n) is 4.29. The SMILES string of the molecule is C=C/C=C(\C=C)C1CC1C(=O)c1ccccc1. The van der Waals surface area contributed by atoms with Gasteiger partial charge in [0.15, 0.2) is 5.78 Å². The minimum absolute atomic E-state index is 0.126. The van der Waals surface area contributed by atoms with Crippen molar-refractivity contribution in [2.75, 3.05) is 0 Å². The summed E-state index contributed by atoms with van der Waals surface area (Å²) in [6.45, 7) is 7.46. The number of carbonyl (C=O) groups excluding carboxylic acids is 1. The van der Waals surface area contributed by atoms with Crippen LogP contribution in [-0.2, 0) is 0 Å². The van der Waals surface area contributed by atoms with Gasteiger partial charge >= 0.3 is 0 Å². The Morgan fingerprint density at radius 1 is 1.18 bits per heavy atom. The predicted octanol–water partition coefficient (Wildman–Crippen LogP) is 3.80. The van der Waals surface area contributed by atoms with Crippen molar-refractivity contribution in [3.63, 3.8) is 0 Å². The van der Waals surface area contributed by atoms with Crippen LogP contribution < -0.4 is 0 Å². The number of Topliss-reactive ketones (excluding diaryl/α,β-unsaturated/α-hetero) is 1. The zero-order valence-corrected chi connectivity index (χ0v) is 9.80. The Kier molecular flexibility index (Phi) is 3.38. The van der Waals surface area contributed by atoms with Gasteiger partial charge in [0, 0.05) is 11.5 Å². The summed E-state index contributed by atoms with van der Waals surface area (Å²) in [7, 11) is 0. The molecule has 1 aliphatic carbocycles. The summed E-state index contributed by atoms with van der Waals surface area (Å²) < 4.78 is 0. The van der Waals surface area contributed by atoms with E-state index in [1.165, 1.54) is 0 Å². The molecule has 0 heterocycles. The van der Waals surface area contributed by atoms with Crippen LogP contribution in [0.15, 0.2) is 67.3 Å². The van der Waals surface area contributed by atoms with Gasteiger partial charge in [-0.25, -0.2) is 0 Å². The zero-order chi connectivity index (χ0) is 12.3. The third kappa shape index (κ3) is 2.44. The highest BCUT2D eigenvalue weighted by molar-refractivity contribution is 6.00. The van der Waals surface area contributed by atoms with E-state index in [9.17, 15) is 4.79 Å². The fraction of sp³-hybridized carbons (Fsp3) is 0.188. The molecule has 1 saturated carbocycles. The van der Waals surface area contributed by atoms with Crippen LogP contribution >= 0.6 is 0 Å². The van der Waals surface area contributed by atoms with Crippen LogP contribution in [0.3, 0.4) is 0 Å². The first kappa shape index (κ1) is 11.6. The van der Waals surface area contributed by atoms with Gasteiger partial charge in [0.1, 0.15) is 0 Å². The van der Waals surface area contributed by atoms with E-state index >= 15 is 0 Å². The summed E-state index contributed by atoms with van der Waals surface area (Å²) in [6.07, 6.45) is 6.44. The number of hydrogen-bond acceptors (Lipinski definition) is 1. The van der Waals surface area contributed by atoms with E-state index in [1.807, 2.05) is 42.5 Å². The third-order valence-electron chi connectivity index (χ3n) is 3.16. The fourth-order valence-electron chi connectivity index (χ4n) is 2.15. The van der Waals surface area contributed by atoms with Gasteiger partial charge in [0.05, 0.1) is 0 Å². The van der Waals surface area contributed by atoms with Crippen molar-refractivity contribution in [2.24, 2.45) is 11.8 Å². The molecule has 86 valence electrons. The quantitative estimate of drug-likeness (QED) is 0.549. The highest BCUT2D eigenvalue weighted by Crippen LogP contribution is 2.46. The summed E-state index contributed by atoms with van der Waals surface area (Å²) >= 11 is 0. The highest BCUT2D eigenvalue weighted by Gasteiger charge is 2.44. The molecule has 2 rings (SSSR count). The maximum atomic E-state index is 12.2. The first-order chi connectivity index (χ1) is 8.27. The smallest absolute Gasteiger partial charge is 0.166 e. The molecule has 0 saturated heterocycles. The van der Waals surface area contributed by atoms with E-state index in [4.69, 9.17) is 0 Å². The molecule has 0 aliphatic heterocycles. The maximum Gasteiger partial charge on any atom is 0.166 e. The van der Waals surface area contributed by atoms with Crippen molar-refractivity contribution in [2.45, 2.75) is 6.42 Å². The van der Waals surface area contributed by atoms with Crippen LogP contribution in [0.5, 0.6) is 0 Å². The molecule has 0 aromatic heterocycles. The molecule has 1 fully saturated rings. The van der Waals surface area contributed by atoms with E-state index in [1.54, 1.807) is 6.08 Å². The van der Waals surface area contributed by atoms with E-state index in [2.05, 4.69) is 13.2 Å². The van der Waals surface area contributed by atoms with Gasteiger partial charge in [-0.2, -0.15) is 0 Å². The normalized spacial score (nSPS) is 22.9. The Morgan fingerprint density at radius 2 is 1.88 bits per heavy atom. The molecule has 2 atom stereocenters. The van der Waals surface area contributed by atoms with Crippen LogP contribution in [0.2, 0.25) is 0 Å². The molecule has 1 aromatic rings. The third-order valence-corrected chi connectivity index (χ3v) is 3.16. The molecule has 17 heavy (non-hydrogen) atoms. The largest absolute Gasteiger partial charge is 0.294 e. The fourth-order valence-corrected chi connectivity index (χ4v) is 2.15. The summed E-state index contributed by atoms with van der Waals surface area (Å²) in [5.41, 5.74) is 1.93. The number of carbonyl (C=O) groups is 1. The van der Waals surface area contributed by atoms with E-state index in [0.717, 1.165) is 17.6 Å². The summed E-state index contributed by atoms with van der Waals surface area (Å²) in [4.78, 5) is 12.2. The molecular formula is C16H16O. The van der Waals surface area contributed by atoms with Crippen LogP contribution in [-0.4, -0.2) is 5.78 Å². The Morgan fingerprint density at radius 3 is 2.47 bits per heavy atom. The van der Waals surface area contributed by atoms with E-state index < -0.39 is 0 Å². The van der Waals surface area contributed by atoms with Gasteiger partial charge in [-0.3, -0.25) is 4.79 Å².